The minimum atomic E-state index is -1.96. The van der Waals surface area contributed by atoms with Crippen molar-refractivity contribution in [2.45, 2.75) is 36.6 Å². The number of phenols is 1. The molecule has 1 saturated heterocycles. The van der Waals surface area contributed by atoms with Gasteiger partial charge in [0.25, 0.3) is 0 Å². The number of Topliss-reactive ketones (excluding diaryl/α,β-unsaturated/α-hetero) is 2. The number of hydrogen-bond donors (Lipinski definition) is 7. The average Bonchev–Trinajstić information content (AvgIpc) is 2.95. The van der Waals surface area contributed by atoms with E-state index in [4.69, 9.17) is 4.74 Å². The number of aliphatic hydroxyl groups is 6. The van der Waals surface area contributed by atoms with Crippen molar-refractivity contribution in [3.05, 3.63) is 47.2 Å². The number of carbonyl (C=O) groups is 2. The molecule has 1 aromatic carbocycles. The van der Waals surface area contributed by atoms with Crippen LogP contribution in [0.3, 0.4) is 0 Å². The van der Waals surface area contributed by atoms with Crippen LogP contribution in [0.15, 0.2) is 41.7 Å². The zero-order chi connectivity index (χ0) is 22.2. The number of rotatable bonds is 4. The van der Waals surface area contributed by atoms with Gasteiger partial charge in [0.1, 0.15) is 47.6 Å². The summed E-state index contributed by atoms with van der Waals surface area (Å²) in [6.07, 6.45) is -7.71. The number of phenolic OH excluding ortho intramolecular Hbond substituents is 1. The first-order valence-electron chi connectivity index (χ1n) is 9.14. The van der Waals surface area contributed by atoms with E-state index in [2.05, 4.69) is 0 Å². The minimum absolute atomic E-state index is 0. The van der Waals surface area contributed by atoms with Gasteiger partial charge < -0.3 is 40.5 Å². The van der Waals surface area contributed by atoms with Crippen molar-refractivity contribution in [1.82, 2.24) is 0 Å². The van der Waals surface area contributed by atoms with E-state index < -0.39 is 72.0 Å². The molecule has 31 heavy (non-hydrogen) atoms. The van der Waals surface area contributed by atoms with Gasteiger partial charge in [0.2, 0.25) is 0 Å². The van der Waals surface area contributed by atoms with E-state index in [0.717, 1.165) is 6.08 Å². The van der Waals surface area contributed by atoms with Crippen LogP contribution < -0.4 is 0 Å². The van der Waals surface area contributed by atoms with Crippen LogP contribution in [-0.2, 0) is 14.3 Å². The number of carbonyl (C=O) groups excluding carboxylic acids is 2. The molecule has 2 aliphatic rings. The normalized spacial score (nSPS) is 35.3. The second kappa shape index (κ2) is 10.3. The van der Waals surface area contributed by atoms with E-state index in [1.54, 1.807) is 0 Å². The molecule has 1 heterocycles. The monoisotopic (exact) mass is 445 g/mol. The summed E-state index contributed by atoms with van der Waals surface area (Å²) in [5, 5.41) is 69.0. The van der Waals surface area contributed by atoms with Gasteiger partial charge in [-0.1, -0.05) is 18.2 Å². The second-order valence-electron chi connectivity index (χ2n) is 7.18. The molecule has 3 rings (SSSR count). The molecule has 1 aliphatic carbocycles. The van der Waals surface area contributed by atoms with Crippen molar-refractivity contribution < 1.29 is 50.1 Å². The summed E-state index contributed by atoms with van der Waals surface area (Å²) >= 11 is 0. The van der Waals surface area contributed by atoms with E-state index in [9.17, 15) is 45.3 Å². The fraction of sp³-hybridized carbons (Fsp3) is 0.400. The molecule has 0 spiro atoms. The smallest absolute Gasteiger partial charge is 0.199 e. The Kier molecular flexibility index (Phi) is 8.56. The molecule has 2 fully saturated rings. The molecular weight excluding hydrogens is 423 g/mol. The van der Waals surface area contributed by atoms with Gasteiger partial charge in [-0.3, -0.25) is 9.59 Å². The zero-order valence-corrected chi connectivity index (χ0v) is 18.6. The largest absolute Gasteiger partial charge is 0.508 e. The van der Waals surface area contributed by atoms with Gasteiger partial charge in [-0.25, -0.2) is 0 Å². The molecular formula is C20H22NaO10. The van der Waals surface area contributed by atoms with Crippen LogP contribution >= 0.6 is 0 Å². The summed E-state index contributed by atoms with van der Waals surface area (Å²) in [5.41, 5.74) is -0.150. The van der Waals surface area contributed by atoms with Crippen molar-refractivity contribution >= 4 is 47.2 Å². The Bertz CT molecular complexity index is 878. The van der Waals surface area contributed by atoms with Crippen LogP contribution in [0.4, 0.5) is 0 Å². The van der Waals surface area contributed by atoms with Crippen LogP contribution in [0.25, 0.3) is 6.08 Å². The van der Waals surface area contributed by atoms with Gasteiger partial charge in [0.15, 0.2) is 11.6 Å². The molecule has 1 aliphatic heterocycles. The minimum Gasteiger partial charge on any atom is -0.508 e. The summed E-state index contributed by atoms with van der Waals surface area (Å²) in [7, 11) is 0. The van der Waals surface area contributed by atoms with Gasteiger partial charge in [-0.2, -0.15) is 0 Å². The Morgan fingerprint density at radius 1 is 0.968 bits per heavy atom. The molecule has 10 nitrogen and oxygen atoms in total. The number of hydrogen-bond acceptors (Lipinski definition) is 10. The Balaban J connectivity index is 0.00000341. The molecule has 0 amide bonds. The van der Waals surface area contributed by atoms with Gasteiger partial charge in [-0.05, 0) is 23.8 Å². The van der Waals surface area contributed by atoms with Crippen LogP contribution in [-0.4, -0.2) is 120 Å². The quantitative estimate of drug-likeness (QED) is 0.116. The fourth-order valence-corrected chi connectivity index (χ4v) is 3.59. The Morgan fingerprint density at radius 2 is 1.58 bits per heavy atom. The maximum atomic E-state index is 12.8. The first-order chi connectivity index (χ1) is 14.2. The third kappa shape index (κ3) is 4.92. The SMILES string of the molecule is O=C1C(=C(O)C=Cc2ccc(O)cc2)C(=O)C(C2O[C@H](CO)[C@@H](O)[C@H](O)[C@H]2O)C1O.[Na]. The topological polar surface area (TPSA) is 185 Å². The molecule has 3 unspecified atom stereocenters. The predicted molar refractivity (Wildman–Crippen MR) is 106 cm³/mol. The summed E-state index contributed by atoms with van der Waals surface area (Å²) < 4.78 is 5.28. The average molecular weight is 445 g/mol. The number of aromatic hydroxyl groups is 1. The molecule has 163 valence electrons. The van der Waals surface area contributed by atoms with Gasteiger partial charge in [-0.15, -0.1) is 0 Å². The van der Waals surface area contributed by atoms with E-state index >= 15 is 0 Å². The number of benzene rings is 1. The van der Waals surface area contributed by atoms with E-state index in [-0.39, 0.29) is 35.3 Å². The maximum Gasteiger partial charge on any atom is 0.199 e. The second-order valence-corrected chi connectivity index (χ2v) is 7.18. The van der Waals surface area contributed by atoms with Crippen molar-refractivity contribution in [2.75, 3.05) is 6.61 Å². The molecule has 0 aromatic heterocycles. The van der Waals surface area contributed by atoms with Gasteiger partial charge >= 0.3 is 0 Å². The summed E-state index contributed by atoms with van der Waals surface area (Å²) in [4.78, 5) is 25.2. The third-order valence-electron chi connectivity index (χ3n) is 5.27. The number of allylic oxidation sites excluding steroid dienone is 1. The summed E-state index contributed by atoms with van der Waals surface area (Å²) in [6, 6.07) is 5.84. The van der Waals surface area contributed by atoms with Crippen molar-refractivity contribution in [3.8, 4) is 5.75 Å². The molecule has 1 saturated carbocycles. The van der Waals surface area contributed by atoms with E-state index in [1.165, 1.54) is 30.3 Å². The van der Waals surface area contributed by atoms with E-state index in [1.807, 2.05) is 0 Å². The van der Waals surface area contributed by atoms with Gasteiger partial charge in [0.05, 0.1) is 18.6 Å². The van der Waals surface area contributed by atoms with Gasteiger partial charge in [0, 0.05) is 29.6 Å². The van der Waals surface area contributed by atoms with Crippen LogP contribution in [0.5, 0.6) is 5.75 Å². The van der Waals surface area contributed by atoms with E-state index in [0.29, 0.717) is 5.56 Å². The van der Waals surface area contributed by atoms with Crippen LogP contribution in [0.1, 0.15) is 5.56 Å². The first kappa shape index (κ1) is 25.7. The molecule has 11 heteroatoms. The number of ketones is 2. The molecule has 1 radical (unpaired) electrons. The first-order valence-corrected chi connectivity index (χ1v) is 9.14. The fourth-order valence-electron chi connectivity index (χ4n) is 3.59. The Hall–Kier alpha value is -1.60. The summed E-state index contributed by atoms with van der Waals surface area (Å²) in [5.74, 6) is -4.44. The van der Waals surface area contributed by atoms with Crippen molar-refractivity contribution in [3.63, 3.8) is 0 Å². The Morgan fingerprint density at radius 3 is 2.16 bits per heavy atom. The zero-order valence-electron chi connectivity index (χ0n) is 16.6. The molecule has 7 atom stereocenters. The molecule has 7 N–H and O–H groups in total. The third-order valence-corrected chi connectivity index (χ3v) is 5.27. The standard InChI is InChI=1S/C20H22O10.Na/c21-7-11-14(24)18(28)19(29)20(30-11)13-15(25)12(16(26)17(13)27)10(23)6-3-8-1-4-9(22)5-2-8;/h1-6,11,13-14,17-24,27-29H,7H2;/t11-,13?,14-,17?,18+,19-,20?;/m1./s1. The van der Waals surface area contributed by atoms with Crippen LogP contribution in [0.2, 0.25) is 0 Å². The number of ether oxygens (including phenoxy) is 1. The molecule has 1 aromatic rings. The predicted octanol–water partition coefficient (Wildman–Crippen LogP) is -2.19. The Labute approximate surface area is 199 Å². The van der Waals surface area contributed by atoms with Crippen molar-refractivity contribution in [2.24, 2.45) is 5.92 Å². The maximum absolute atomic E-state index is 12.8. The van der Waals surface area contributed by atoms with Crippen molar-refractivity contribution in [1.29, 1.82) is 0 Å². The number of aliphatic hydroxyl groups excluding tert-OH is 6. The summed E-state index contributed by atoms with van der Waals surface area (Å²) in [6.45, 7) is -0.740. The van der Waals surface area contributed by atoms with Crippen LogP contribution in [0, 0.1) is 5.92 Å². The molecule has 0 bridgehead atoms.